The molecule has 134 valence electrons. The maximum atomic E-state index is 12.9. The lowest BCUT2D eigenvalue weighted by Crippen LogP contribution is -2.15. The van der Waals surface area contributed by atoms with Crippen LogP contribution < -0.4 is 5.32 Å². The molecule has 0 saturated heterocycles. The number of rotatable bonds is 3. The summed E-state index contributed by atoms with van der Waals surface area (Å²) >= 11 is 11.9. The van der Waals surface area contributed by atoms with Gasteiger partial charge in [-0.25, -0.2) is 4.68 Å². The third-order valence-corrected chi connectivity index (χ3v) is 3.81. The summed E-state index contributed by atoms with van der Waals surface area (Å²) in [7, 11) is 0. The lowest BCUT2D eigenvalue weighted by Gasteiger charge is -2.14. The second kappa shape index (κ2) is 7.24. The topological polar surface area (TPSA) is 94.5 Å². The van der Waals surface area contributed by atoms with Gasteiger partial charge in [-0.2, -0.15) is 28.8 Å². The van der Waals surface area contributed by atoms with Crippen molar-refractivity contribution in [2.45, 2.75) is 19.5 Å². The zero-order valence-corrected chi connectivity index (χ0v) is 14.5. The van der Waals surface area contributed by atoms with Gasteiger partial charge >= 0.3 is 6.18 Å². The van der Waals surface area contributed by atoms with Gasteiger partial charge in [-0.3, -0.25) is 4.79 Å². The van der Waals surface area contributed by atoms with Gasteiger partial charge in [-0.1, -0.05) is 30.1 Å². The van der Waals surface area contributed by atoms with Gasteiger partial charge in [0.2, 0.25) is 5.91 Å². The van der Waals surface area contributed by atoms with Crippen molar-refractivity contribution in [3.05, 3.63) is 39.0 Å². The van der Waals surface area contributed by atoms with Crippen LogP contribution in [0.1, 0.15) is 30.2 Å². The Kier molecular flexibility index (Phi) is 5.45. The molecule has 11 heteroatoms. The Labute approximate surface area is 155 Å². The fourth-order valence-corrected chi connectivity index (χ4v) is 2.68. The van der Waals surface area contributed by atoms with Crippen molar-refractivity contribution >= 4 is 34.9 Å². The molecule has 0 saturated carbocycles. The molecule has 1 aromatic carbocycles. The fraction of sp³-hybridized carbons (Fsp3) is 0.200. The number of nitrogens with zero attached hydrogens (tertiary/aromatic N) is 4. The number of benzene rings is 1. The van der Waals surface area contributed by atoms with E-state index in [-0.39, 0.29) is 29.2 Å². The molecule has 0 bridgehead atoms. The van der Waals surface area contributed by atoms with Gasteiger partial charge in [0.05, 0.1) is 15.6 Å². The van der Waals surface area contributed by atoms with Crippen molar-refractivity contribution in [3.8, 4) is 17.8 Å². The number of carbonyl (C=O) groups is 1. The van der Waals surface area contributed by atoms with Crippen LogP contribution in [0.15, 0.2) is 12.1 Å². The maximum absolute atomic E-state index is 12.9. The van der Waals surface area contributed by atoms with Gasteiger partial charge in [0, 0.05) is 6.42 Å². The normalized spacial score (nSPS) is 10.9. The smallest absolute Gasteiger partial charge is 0.309 e. The number of amides is 1. The van der Waals surface area contributed by atoms with Crippen molar-refractivity contribution in [3.63, 3.8) is 0 Å². The zero-order valence-electron chi connectivity index (χ0n) is 12.9. The Hall–Kier alpha value is -2.75. The molecular weight excluding hydrogens is 394 g/mol. The number of carbonyl (C=O) groups excluding carboxylic acids is 1. The molecule has 1 N–H and O–H groups in total. The second-order valence-corrected chi connectivity index (χ2v) is 5.71. The van der Waals surface area contributed by atoms with Gasteiger partial charge < -0.3 is 5.32 Å². The molecule has 0 aliphatic carbocycles. The van der Waals surface area contributed by atoms with E-state index in [9.17, 15) is 23.2 Å². The van der Waals surface area contributed by atoms with E-state index in [1.165, 1.54) is 0 Å². The molecule has 0 aliphatic rings. The fourth-order valence-electron chi connectivity index (χ4n) is 2.03. The van der Waals surface area contributed by atoms with Crippen molar-refractivity contribution in [1.82, 2.24) is 9.78 Å². The molecule has 26 heavy (non-hydrogen) atoms. The molecule has 1 aromatic heterocycles. The van der Waals surface area contributed by atoms with E-state index in [1.807, 2.05) is 0 Å². The first kappa shape index (κ1) is 19.6. The van der Waals surface area contributed by atoms with Crippen molar-refractivity contribution in [1.29, 1.82) is 10.5 Å². The van der Waals surface area contributed by atoms with Crippen molar-refractivity contribution < 1.29 is 18.0 Å². The third kappa shape index (κ3) is 3.59. The number of nitriles is 2. The molecule has 0 aliphatic heterocycles. The van der Waals surface area contributed by atoms with Crippen LogP contribution in [0.3, 0.4) is 0 Å². The number of halogens is 5. The average Bonchev–Trinajstić information content (AvgIpc) is 2.90. The Morgan fingerprint density at radius 1 is 1.27 bits per heavy atom. The Morgan fingerprint density at radius 2 is 1.85 bits per heavy atom. The lowest BCUT2D eigenvalue weighted by molar-refractivity contribution is -0.137. The van der Waals surface area contributed by atoms with Crippen LogP contribution in [0.25, 0.3) is 5.69 Å². The number of aromatic nitrogens is 2. The van der Waals surface area contributed by atoms with E-state index in [4.69, 9.17) is 28.5 Å². The molecule has 6 nitrogen and oxygen atoms in total. The minimum atomic E-state index is -4.68. The highest BCUT2D eigenvalue weighted by Gasteiger charge is 2.33. The molecule has 0 spiro atoms. The van der Waals surface area contributed by atoms with E-state index in [1.54, 1.807) is 19.1 Å². The highest BCUT2D eigenvalue weighted by Crippen LogP contribution is 2.39. The molecule has 0 atom stereocenters. The van der Waals surface area contributed by atoms with Crippen LogP contribution in [0, 0.1) is 22.7 Å². The minimum Gasteiger partial charge on any atom is -0.309 e. The maximum Gasteiger partial charge on any atom is 0.416 e. The number of alkyl halides is 3. The van der Waals surface area contributed by atoms with Crippen molar-refractivity contribution in [2.75, 3.05) is 5.32 Å². The monoisotopic (exact) mass is 401 g/mol. The van der Waals surface area contributed by atoms with Gasteiger partial charge in [0.25, 0.3) is 0 Å². The third-order valence-electron chi connectivity index (χ3n) is 3.24. The molecular formula is C15H8Cl2F3N5O. The van der Waals surface area contributed by atoms with Crippen LogP contribution in [0.4, 0.5) is 19.0 Å². The lowest BCUT2D eigenvalue weighted by atomic mass is 10.2. The first-order chi connectivity index (χ1) is 12.1. The summed E-state index contributed by atoms with van der Waals surface area (Å²) in [5.74, 6) is -0.717. The van der Waals surface area contributed by atoms with Crippen LogP contribution in [0.5, 0.6) is 0 Å². The van der Waals surface area contributed by atoms with E-state index >= 15 is 0 Å². The molecule has 2 rings (SSSR count). The SMILES string of the molecule is CCC(=O)Nc1c(C#N)c(C#N)nn1-c1c(Cl)cc(C(F)(F)F)cc1Cl. The highest BCUT2D eigenvalue weighted by atomic mass is 35.5. The summed E-state index contributed by atoms with van der Waals surface area (Å²) in [6.45, 7) is 1.55. The van der Waals surface area contributed by atoms with Crippen LogP contribution in [-0.2, 0) is 11.0 Å². The van der Waals surface area contributed by atoms with Crippen molar-refractivity contribution in [2.24, 2.45) is 0 Å². The van der Waals surface area contributed by atoms with E-state index < -0.39 is 27.7 Å². The van der Waals surface area contributed by atoms with Gasteiger partial charge in [0.15, 0.2) is 11.5 Å². The summed E-state index contributed by atoms with van der Waals surface area (Å²) < 4.78 is 39.5. The number of anilines is 1. The standard InChI is InChI=1S/C15H8Cl2F3N5O/c1-2-12(26)23-14-8(5-21)11(6-22)24-25(14)13-9(16)3-7(4-10(13)17)15(18,19)20/h3-4H,2H2,1H3,(H,23,26). The number of nitrogens with one attached hydrogen (secondary N) is 1. The predicted molar refractivity (Wildman–Crippen MR) is 86.9 cm³/mol. The average molecular weight is 402 g/mol. The number of hydrogen-bond donors (Lipinski definition) is 1. The Bertz CT molecular complexity index is 946. The number of hydrogen-bond acceptors (Lipinski definition) is 4. The van der Waals surface area contributed by atoms with Crippen LogP contribution in [0.2, 0.25) is 10.0 Å². The Morgan fingerprint density at radius 3 is 2.27 bits per heavy atom. The minimum absolute atomic E-state index is 0.0480. The molecule has 1 heterocycles. The van der Waals surface area contributed by atoms with Crippen LogP contribution in [-0.4, -0.2) is 15.7 Å². The summed E-state index contributed by atoms with van der Waals surface area (Å²) in [6, 6.07) is 4.66. The first-order valence-electron chi connectivity index (χ1n) is 6.93. The summed E-state index contributed by atoms with van der Waals surface area (Å²) in [5, 5.41) is 23.7. The Balaban J connectivity index is 2.77. The van der Waals surface area contributed by atoms with E-state index in [2.05, 4.69) is 10.4 Å². The summed E-state index contributed by atoms with van der Waals surface area (Å²) in [5.41, 5.74) is -1.89. The molecule has 0 unspecified atom stereocenters. The van der Waals surface area contributed by atoms with E-state index in [0.717, 1.165) is 4.68 Å². The van der Waals surface area contributed by atoms with Crippen LogP contribution >= 0.6 is 23.2 Å². The molecule has 1 amide bonds. The predicted octanol–water partition coefficient (Wildman–Crippen LogP) is 4.29. The quantitative estimate of drug-likeness (QED) is 0.829. The zero-order chi connectivity index (χ0) is 19.6. The summed E-state index contributed by atoms with van der Waals surface area (Å²) in [4.78, 5) is 11.7. The second-order valence-electron chi connectivity index (χ2n) is 4.90. The van der Waals surface area contributed by atoms with Gasteiger partial charge in [-0.15, -0.1) is 0 Å². The highest BCUT2D eigenvalue weighted by molar-refractivity contribution is 6.38. The molecule has 2 aromatic rings. The first-order valence-corrected chi connectivity index (χ1v) is 7.69. The summed E-state index contributed by atoms with van der Waals surface area (Å²) in [6.07, 6.45) is -4.63. The van der Waals surface area contributed by atoms with E-state index in [0.29, 0.717) is 12.1 Å². The van der Waals surface area contributed by atoms with Gasteiger partial charge in [-0.05, 0) is 12.1 Å². The van der Waals surface area contributed by atoms with Gasteiger partial charge in [0.1, 0.15) is 23.4 Å². The largest absolute Gasteiger partial charge is 0.416 e. The molecule has 0 radical (unpaired) electrons. The molecule has 0 fully saturated rings.